The summed E-state index contributed by atoms with van der Waals surface area (Å²) in [5.41, 5.74) is 5.11. The van der Waals surface area contributed by atoms with Crippen molar-refractivity contribution in [2.45, 2.75) is 56.8 Å². The van der Waals surface area contributed by atoms with E-state index in [-0.39, 0.29) is 17.1 Å². The Hall–Kier alpha value is -3.12. The summed E-state index contributed by atoms with van der Waals surface area (Å²) in [6.07, 6.45) is 8.04. The van der Waals surface area contributed by atoms with Crippen LogP contribution in [0.5, 0.6) is 0 Å². The number of nitrogens with zero attached hydrogens (tertiary/aromatic N) is 1. The number of thioether (sulfide) groups is 1. The molecule has 1 aliphatic rings. The van der Waals surface area contributed by atoms with E-state index in [1.165, 1.54) is 5.56 Å². The molecule has 0 saturated heterocycles. The molecule has 4 aromatic rings. The van der Waals surface area contributed by atoms with Crippen LogP contribution in [-0.2, 0) is 16.8 Å². The molecule has 41 heavy (non-hydrogen) atoms. The quantitative estimate of drug-likeness (QED) is 0.174. The van der Waals surface area contributed by atoms with Crippen LogP contribution in [0, 0.1) is 5.41 Å². The van der Waals surface area contributed by atoms with Gasteiger partial charge in [0.15, 0.2) is 0 Å². The lowest BCUT2D eigenvalue weighted by atomic mass is 9.90. The minimum absolute atomic E-state index is 0.0920. The molecule has 6 heteroatoms. The molecule has 0 amide bonds. The minimum Gasteiger partial charge on any atom is -0.481 e. The maximum atomic E-state index is 11.5. The molecule has 1 saturated carbocycles. The van der Waals surface area contributed by atoms with E-state index >= 15 is 0 Å². The van der Waals surface area contributed by atoms with Crippen LogP contribution in [0.2, 0.25) is 5.02 Å². The Bertz CT molecular complexity index is 1570. The van der Waals surface area contributed by atoms with Crippen LogP contribution >= 0.6 is 23.4 Å². The standard InChI is InChI=1S/C35H36ClNO3S/c1-34(2,40)30-9-4-3-8-29(30)32(41-23-35(18-19-35)22-33(38)39)17-11-25-7-5-6-24(20-25)10-15-28-16-13-26-12-14-27(36)21-31(26)37-28/h3-10,12-16,20-21,32,40H,11,17-19,22-23H2,1-2H3,(H,38,39)/b15-10+/t32-/m0/s1. The number of aryl methyl sites for hydroxylation is 1. The summed E-state index contributed by atoms with van der Waals surface area (Å²) < 4.78 is 0. The molecule has 2 N–H and O–H groups in total. The second-order valence-electron chi connectivity index (χ2n) is 11.7. The number of halogens is 1. The van der Waals surface area contributed by atoms with E-state index in [2.05, 4.69) is 42.5 Å². The molecule has 1 fully saturated rings. The predicted octanol–water partition coefficient (Wildman–Crippen LogP) is 8.95. The van der Waals surface area contributed by atoms with Gasteiger partial charge >= 0.3 is 5.97 Å². The number of aliphatic carboxylic acids is 1. The third-order valence-corrected chi connectivity index (χ3v) is 9.72. The van der Waals surface area contributed by atoms with Gasteiger partial charge in [0.05, 0.1) is 23.2 Å². The van der Waals surface area contributed by atoms with Crippen molar-refractivity contribution >= 4 is 52.4 Å². The van der Waals surface area contributed by atoms with Gasteiger partial charge in [0.1, 0.15) is 0 Å². The maximum Gasteiger partial charge on any atom is 0.303 e. The van der Waals surface area contributed by atoms with Gasteiger partial charge in [-0.05, 0) is 91.5 Å². The summed E-state index contributed by atoms with van der Waals surface area (Å²) in [6, 6.07) is 26.5. The zero-order chi connectivity index (χ0) is 29.0. The molecule has 1 aromatic heterocycles. The van der Waals surface area contributed by atoms with Crippen LogP contribution < -0.4 is 0 Å². The van der Waals surface area contributed by atoms with E-state index in [0.29, 0.717) is 5.02 Å². The van der Waals surface area contributed by atoms with Crippen LogP contribution in [0.25, 0.3) is 23.1 Å². The van der Waals surface area contributed by atoms with E-state index in [4.69, 9.17) is 16.6 Å². The summed E-state index contributed by atoms with van der Waals surface area (Å²) in [5.74, 6) is 0.0979. The molecule has 1 heterocycles. The number of benzene rings is 3. The van der Waals surface area contributed by atoms with Crippen molar-refractivity contribution in [1.82, 2.24) is 4.98 Å². The fraction of sp³-hybridized carbons (Fsp3) is 0.314. The number of fused-ring (bicyclic) bond motifs is 1. The number of pyridine rings is 1. The van der Waals surface area contributed by atoms with E-state index < -0.39 is 11.6 Å². The van der Waals surface area contributed by atoms with Gasteiger partial charge in [-0.2, -0.15) is 11.8 Å². The summed E-state index contributed by atoms with van der Waals surface area (Å²) in [5, 5.41) is 22.2. The molecule has 0 spiro atoms. The smallest absolute Gasteiger partial charge is 0.303 e. The highest BCUT2D eigenvalue weighted by Gasteiger charge is 2.44. The molecule has 1 atom stereocenters. The van der Waals surface area contributed by atoms with Crippen LogP contribution in [0.4, 0.5) is 0 Å². The summed E-state index contributed by atoms with van der Waals surface area (Å²) in [7, 11) is 0. The first-order valence-corrected chi connectivity index (χ1v) is 15.5. The van der Waals surface area contributed by atoms with Crippen molar-refractivity contribution in [1.29, 1.82) is 0 Å². The lowest BCUT2D eigenvalue weighted by Gasteiger charge is -2.27. The van der Waals surface area contributed by atoms with E-state index in [1.54, 1.807) is 0 Å². The van der Waals surface area contributed by atoms with Gasteiger partial charge in [-0.1, -0.05) is 78.3 Å². The molecule has 0 unspecified atom stereocenters. The number of rotatable bonds is 12. The lowest BCUT2D eigenvalue weighted by Crippen LogP contribution is -2.19. The Labute approximate surface area is 251 Å². The molecular weight excluding hydrogens is 550 g/mol. The second kappa shape index (κ2) is 12.4. The lowest BCUT2D eigenvalue weighted by molar-refractivity contribution is -0.138. The Morgan fingerprint density at radius 3 is 2.59 bits per heavy atom. The highest BCUT2D eigenvalue weighted by atomic mass is 35.5. The van der Waals surface area contributed by atoms with Crippen molar-refractivity contribution in [3.05, 3.63) is 112 Å². The van der Waals surface area contributed by atoms with Crippen molar-refractivity contribution in [2.75, 3.05) is 5.75 Å². The van der Waals surface area contributed by atoms with Crippen LogP contribution in [0.3, 0.4) is 0 Å². The van der Waals surface area contributed by atoms with E-state index in [0.717, 1.165) is 64.7 Å². The first kappa shape index (κ1) is 29.4. The molecule has 4 nitrogen and oxygen atoms in total. The SMILES string of the molecule is CC(C)(O)c1ccccc1[C@H](CCc1cccc(/C=C/c2ccc3ccc(Cl)cc3n2)c1)SCC1(CC(=O)O)CC1. The van der Waals surface area contributed by atoms with Crippen molar-refractivity contribution < 1.29 is 15.0 Å². The van der Waals surface area contributed by atoms with Gasteiger partial charge in [-0.15, -0.1) is 0 Å². The van der Waals surface area contributed by atoms with Gasteiger partial charge in [-0.3, -0.25) is 4.79 Å². The molecule has 0 radical (unpaired) electrons. The normalized spacial score (nSPS) is 15.3. The topological polar surface area (TPSA) is 70.4 Å². The van der Waals surface area contributed by atoms with Crippen molar-refractivity contribution in [2.24, 2.45) is 5.41 Å². The maximum absolute atomic E-state index is 11.5. The van der Waals surface area contributed by atoms with E-state index in [9.17, 15) is 15.0 Å². The first-order valence-electron chi connectivity index (χ1n) is 14.1. The Morgan fingerprint density at radius 1 is 1.05 bits per heavy atom. The monoisotopic (exact) mass is 585 g/mol. The van der Waals surface area contributed by atoms with Gasteiger partial charge in [-0.25, -0.2) is 4.98 Å². The molecule has 212 valence electrons. The molecule has 3 aromatic carbocycles. The number of carboxylic acid groups (broad SMARTS) is 1. The fourth-order valence-corrected chi connectivity index (χ4v) is 7.12. The van der Waals surface area contributed by atoms with Crippen molar-refractivity contribution in [3.63, 3.8) is 0 Å². The van der Waals surface area contributed by atoms with Crippen molar-refractivity contribution in [3.8, 4) is 0 Å². The first-order chi connectivity index (χ1) is 19.6. The Morgan fingerprint density at radius 2 is 1.83 bits per heavy atom. The van der Waals surface area contributed by atoms with Crippen LogP contribution in [0.1, 0.15) is 72.7 Å². The van der Waals surface area contributed by atoms with Crippen LogP contribution in [-0.4, -0.2) is 26.9 Å². The summed E-state index contributed by atoms with van der Waals surface area (Å²) in [6.45, 7) is 3.66. The highest BCUT2D eigenvalue weighted by Crippen LogP contribution is 2.53. The number of carboxylic acids is 1. The average molecular weight is 586 g/mol. The summed E-state index contributed by atoms with van der Waals surface area (Å²) in [4.78, 5) is 16.2. The van der Waals surface area contributed by atoms with E-state index in [1.807, 2.05) is 74.1 Å². The number of carbonyl (C=O) groups is 1. The van der Waals surface area contributed by atoms with Gasteiger partial charge in [0, 0.05) is 21.4 Å². The molecule has 0 bridgehead atoms. The molecular formula is C35H36ClNO3S. The minimum atomic E-state index is -0.958. The molecule has 0 aliphatic heterocycles. The Kier molecular flexibility index (Phi) is 8.88. The number of hydrogen-bond donors (Lipinski definition) is 2. The Balaban J connectivity index is 1.32. The predicted molar refractivity (Wildman–Crippen MR) is 171 cm³/mol. The third-order valence-electron chi connectivity index (χ3n) is 7.81. The van der Waals surface area contributed by atoms with Crippen LogP contribution in [0.15, 0.2) is 78.9 Å². The fourth-order valence-electron chi connectivity index (χ4n) is 5.34. The van der Waals surface area contributed by atoms with Gasteiger partial charge in [0.25, 0.3) is 0 Å². The highest BCUT2D eigenvalue weighted by molar-refractivity contribution is 7.99. The average Bonchev–Trinajstić information content (AvgIpc) is 3.70. The molecule has 1 aliphatic carbocycles. The molecule has 5 rings (SSSR count). The zero-order valence-electron chi connectivity index (χ0n) is 23.5. The van der Waals surface area contributed by atoms with Gasteiger partial charge < -0.3 is 10.2 Å². The third kappa shape index (κ3) is 7.79. The second-order valence-corrected chi connectivity index (χ2v) is 13.3. The number of aromatic nitrogens is 1. The van der Waals surface area contributed by atoms with Gasteiger partial charge in [0.2, 0.25) is 0 Å². The largest absolute Gasteiger partial charge is 0.481 e. The number of aliphatic hydroxyl groups is 1. The summed E-state index contributed by atoms with van der Waals surface area (Å²) >= 11 is 8.00. The zero-order valence-corrected chi connectivity index (χ0v) is 25.1. The number of hydrogen-bond acceptors (Lipinski definition) is 4.